The monoisotopic (exact) mass is 262 g/mol. The molecule has 0 aliphatic carbocycles. The van der Waals surface area contributed by atoms with E-state index in [0.717, 1.165) is 15.7 Å². The Morgan fingerprint density at radius 3 is 2.56 bits per heavy atom. The zero-order chi connectivity index (χ0) is 13.1. The van der Waals surface area contributed by atoms with E-state index in [1.807, 2.05) is 37.3 Å². The highest BCUT2D eigenvalue weighted by molar-refractivity contribution is 8.00. The number of benzene rings is 2. The third kappa shape index (κ3) is 2.76. The Morgan fingerprint density at radius 1 is 1.22 bits per heavy atom. The van der Waals surface area contributed by atoms with Crippen LogP contribution in [0.4, 0.5) is 0 Å². The first-order valence-electron chi connectivity index (χ1n) is 5.67. The van der Waals surface area contributed by atoms with E-state index < -0.39 is 5.97 Å². The third-order valence-electron chi connectivity index (χ3n) is 2.65. The van der Waals surface area contributed by atoms with Gasteiger partial charge in [-0.25, -0.2) is 0 Å². The van der Waals surface area contributed by atoms with Crippen LogP contribution >= 0.6 is 11.8 Å². The van der Waals surface area contributed by atoms with Gasteiger partial charge in [-0.3, -0.25) is 4.79 Å². The molecule has 0 amide bonds. The highest BCUT2D eigenvalue weighted by Gasteiger charge is 2.12. The first-order chi connectivity index (χ1) is 8.58. The minimum absolute atomic E-state index is 0.00421. The Bertz CT molecular complexity index is 580. The molecule has 18 heavy (non-hydrogen) atoms. The predicted molar refractivity (Wildman–Crippen MR) is 73.2 cm³/mol. The van der Waals surface area contributed by atoms with Crippen molar-refractivity contribution in [1.29, 1.82) is 0 Å². The molecule has 0 saturated carbocycles. The quantitative estimate of drug-likeness (QED) is 0.828. The number of thioether (sulfide) groups is 1. The predicted octanol–water partition coefficient (Wildman–Crippen LogP) is 3.50. The standard InChI is InChI=1S/C14H14O3S/c1-9(8-14(16)17)18-13-7-6-12(15)10-4-2-3-5-11(10)13/h2-7,9,15H,8H2,1H3,(H,16,17). The number of phenols is 1. The number of rotatable bonds is 4. The van der Waals surface area contributed by atoms with Crippen LogP contribution in [0.3, 0.4) is 0 Å². The van der Waals surface area contributed by atoms with Crippen molar-refractivity contribution in [2.75, 3.05) is 0 Å². The minimum Gasteiger partial charge on any atom is -0.507 e. The van der Waals surface area contributed by atoms with E-state index in [1.54, 1.807) is 6.07 Å². The van der Waals surface area contributed by atoms with Gasteiger partial charge in [0.2, 0.25) is 0 Å². The van der Waals surface area contributed by atoms with Gasteiger partial charge in [-0.15, -0.1) is 11.8 Å². The Hall–Kier alpha value is -1.68. The molecule has 0 aliphatic rings. The molecule has 0 aromatic heterocycles. The molecule has 3 nitrogen and oxygen atoms in total. The van der Waals surface area contributed by atoms with Crippen LogP contribution in [0.1, 0.15) is 13.3 Å². The number of fused-ring (bicyclic) bond motifs is 1. The summed E-state index contributed by atoms with van der Waals surface area (Å²) in [5.74, 6) is -0.543. The number of aliphatic carboxylic acids is 1. The summed E-state index contributed by atoms with van der Waals surface area (Å²) in [5, 5.41) is 20.3. The van der Waals surface area contributed by atoms with Crippen molar-refractivity contribution in [3.8, 4) is 5.75 Å². The van der Waals surface area contributed by atoms with E-state index in [9.17, 15) is 9.90 Å². The van der Waals surface area contributed by atoms with Crippen molar-refractivity contribution in [3.63, 3.8) is 0 Å². The van der Waals surface area contributed by atoms with Crippen LogP contribution in [-0.4, -0.2) is 21.4 Å². The molecule has 0 heterocycles. The van der Waals surface area contributed by atoms with Gasteiger partial charge in [0.05, 0.1) is 6.42 Å². The molecule has 0 bridgehead atoms. The molecule has 2 N–H and O–H groups in total. The van der Waals surface area contributed by atoms with Gasteiger partial charge in [-0.05, 0) is 17.5 Å². The average Bonchev–Trinajstić information content (AvgIpc) is 2.32. The number of carboxylic acids is 1. The maximum absolute atomic E-state index is 10.7. The summed E-state index contributed by atoms with van der Waals surface area (Å²) in [7, 11) is 0. The summed E-state index contributed by atoms with van der Waals surface area (Å²) >= 11 is 1.52. The fraction of sp³-hybridized carbons (Fsp3) is 0.214. The molecule has 4 heteroatoms. The molecule has 0 radical (unpaired) electrons. The van der Waals surface area contributed by atoms with Crippen molar-refractivity contribution in [1.82, 2.24) is 0 Å². The Labute approximate surface area is 109 Å². The van der Waals surface area contributed by atoms with Gasteiger partial charge >= 0.3 is 5.97 Å². The molecule has 0 saturated heterocycles. The average molecular weight is 262 g/mol. The lowest BCUT2D eigenvalue weighted by molar-refractivity contribution is -0.136. The molecule has 2 rings (SSSR count). The normalized spacial score (nSPS) is 12.5. The molecule has 1 unspecified atom stereocenters. The van der Waals surface area contributed by atoms with E-state index in [1.165, 1.54) is 11.8 Å². The maximum atomic E-state index is 10.7. The Kier molecular flexibility index (Phi) is 3.77. The number of carboxylic acid groups (broad SMARTS) is 1. The summed E-state index contributed by atoms with van der Waals surface area (Å²) in [6, 6.07) is 11.1. The van der Waals surface area contributed by atoms with Crippen molar-refractivity contribution in [2.24, 2.45) is 0 Å². The highest BCUT2D eigenvalue weighted by atomic mass is 32.2. The van der Waals surface area contributed by atoms with Crippen LogP contribution in [-0.2, 0) is 4.79 Å². The lowest BCUT2D eigenvalue weighted by Gasteiger charge is -2.11. The smallest absolute Gasteiger partial charge is 0.304 e. The van der Waals surface area contributed by atoms with Crippen LogP contribution in [0.15, 0.2) is 41.3 Å². The zero-order valence-electron chi connectivity index (χ0n) is 9.96. The second-order valence-corrected chi connectivity index (χ2v) is 5.64. The largest absolute Gasteiger partial charge is 0.507 e. The molecule has 2 aromatic carbocycles. The van der Waals surface area contributed by atoms with Crippen molar-refractivity contribution >= 4 is 28.5 Å². The zero-order valence-corrected chi connectivity index (χ0v) is 10.8. The van der Waals surface area contributed by atoms with Gasteiger partial charge in [0, 0.05) is 15.5 Å². The van der Waals surface area contributed by atoms with Crippen molar-refractivity contribution in [3.05, 3.63) is 36.4 Å². The second-order valence-electron chi connectivity index (χ2n) is 4.15. The lowest BCUT2D eigenvalue weighted by Crippen LogP contribution is -2.05. The Balaban J connectivity index is 2.34. The lowest BCUT2D eigenvalue weighted by atomic mass is 10.1. The van der Waals surface area contributed by atoms with Crippen LogP contribution in [0, 0.1) is 0 Å². The fourth-order valence-electron chi connectivity index (χ4n) is 1.86. The van der Waals surface area contributed by atoms with E-state index in [0.29, 0.717) is 0 Å². The number of aromatic hydroxyl groups is 1. The van der Waals surface area contributed by atoms with Crippen molar-refractivity contribution < 1.29 is 15.0 Å². The van der Waals surface area contributed by atoms with Crippen LogP contribution in [0.25, 0.3) is 10.8 Å². The molecule has 1 atom stereocenters. The molecule has 0 fully saturated rings. The SMILES string of the molecule is CC(CC(=O)O)Sc1ccc(O)c2ccccc12. The third-order valence-corrected chi connectivity index (χ3v) is 3.83. The molecular weight excluding hydrogens is 248 g/mol. The van der Waals surface area contributed by atoms with E-state index in [4.69, 9.17) is 5.11 Å². The van der Waals surface area contributed by atoms with Gasteiger partial charge in [-0.2, -0.15) is 0 Å². The number of carbonyl (C=O) groups is 1. The van der Waals surface area contributed by atoms with Crippen LogP contribution in [0.2, 0.25) is 0 Å². The molecular formula is C14H14O3S. The van der Waals surface area contributed by atoms with Gasteiger partial charge in [0.25, 0.3) is 0 Å². The Morgan fingerprint density at radius 2 is 1.89 bits per heavy atom. The second kappa shape index (κ2) is 5.31. The summed E-state index contributed by atoms with van der Waals surface area (Å²) in [5.41, 5.74) is 0. The van der Waals surface area contributed by atoms with Crippen LogP contribution < -0.4 is 0 Å². The summed E-state index contributed by atoms with van der Waals surface area (Å²) in [6.45, 7) is 1.89. The molecule has 0 spiro atoms. The number of hydrogen-bond donors (Lipinski definition) is 2. The first-order valence-corrected chi connectivity index (χ1v) is 6.55. The number of phenolic OH excluding ortho intramolecular Hbond substituents is 1. The minimum atomic E-state index is -0.793. The molecule has 2 aromatic rings. The highest BCUT2D eigenvalue weighted by Crippen LogP contribution is 2.35. The summed E-state index contributed by atoms with van der Waals surface area (Å²) < 4.78 is 0. The van der Waals surface area contributed by atoms with Crippen LogP contribution in [0.5, 0.6) is 5.75 Å². The first kappa shape index (κ1) is 12.8. The van der Waals surface area contributed by atoms with E-state index in [2.05, 4.69) is 0 Å². The fourth-order valence-corrected chi connectivity index (χ4v) is 2.97. The molecule has 0 aliphatic heterocycles. The van der Waals surface area contributed by atoms with E-state index in [-0.39, 0.29) is 17.4 Å². The topological polar surface area (TPSA) is 57.5 Å². The molecule has 94 valence electrons. The van der Waals surface area contributed by atoms with Gasteiger partial charge in [0.1, 0.15) is 5.75 Å². The van der Waals surface area contributed by atoms with Crippen molar-refractivity contribution in [2.45, 2.75) is 23.5 Å². The summed E-state index contributed by atoms with van der Waals surface area (Å²) in [4.78, 5) is 11.7. The maximum Gasteiger partial charge on any atom is 0.304 e. The van der Waals surface area contributed by atoms with Gasteiger partial charge in [0.15, 0.2) is 0 Å². The van der Waals surface area contributed by atoms with Gasteiger partial charge in [-0.1, -0.05) is 31.2 Å². The van der Waals surface area contributed by atoms with E-state index >= 15 is 0 Å². The number of hydrogen-bond acceptors (Lipinski definition) is 3. The summed E-state index contributed by atoms with van der Waals surface area (Å²) in [6.07, 6.45) is 0.125. The van der Waals surface area contributed by atoms with Gasteiger partial charge < -0.3 is 10.2 Å².